The van der Waals surface area contributed by atoms with Crippen molar-refractivity contribution in [2.45, 2.75) is 64.0 Å². The van der Waals surface area contributed by atoms with Crippen LogP contribution in [-0.2, 0) is 5.44 Å². The molecule has 1 saturated heterocycles. The molecule has 1 atom stereocenters. The van der Waals surface area contributed by atoms with Crippen LogP contribution >= 0.6 is 23.2 Å². The zero-order chi connectivity index (χ0) is 30.4. The fraction of sp³-hybridized carbons (Fsp3) is 0.438. The normalized spacial score (nSPS) is 19.4. The number of likely N-dealkylation sites (tertiary alicyclic amines) is 1. The zero-order valence-corrected chi connectivity index (χ0v) is 26.8. The SMILES string of the molecule is BC(Nc1cc(Cl)c2ncc(C#N)c(NCC(C)(C)C)c2c1)(C1=CN(C2CCN(C3CC3)CC2)NN1)c1ccc(Cl)cc1. The molecule has 224 valence electrons. The molecule has 1 saturated carbocycles. The summed E-state index contributed by atoms with van der Waals surface area (Å²) in [5.41, 5.74) is 10.9. The number of fused-ring (bicyclic) bond motifs is 1. The fourth-order valence-electron chi connectivity index (χ4n) is 6.08. The zero-order valence-electron chi connectivity index (χ0n) is 25.3. The number of nitriles is 1. The van der Waals surface area contributed by atoms with Crippen molar-refractivity contribution in [1.82, 2.24) is 25.9 Å². The first-order valence-corrected chi connectivity index (χ1v) is 15.9. The minimum absolute atomic E-state index is 0.0170. The highest BCUT2D eigenvalue weighted by molar-refractivity contribution is 6.36. The Morgan fingerprint density at radius 1 is 1.07 bits per heavy atom. The molecular formula is C32H39BCl2N8. The van der Waals surface area contributed by atoms with E-state index in [0.717, 1.165) is 60.0 Å². The number of hydrogen-bond donors (Lipinski definition) is 4. The van der Waals surface area contributed by atoms with E-state index in [1.165, 1.54) is 12.8 Å². The maximum atomic E-state index is 9.90. The van der Waals surface area contributed by atoms with Gasteiger partial charge in [-0.1, -0.05) is 56.1 Å². The second-order valence-corrected chi connectivity index (χ2v) is 14.2. The molecule has 6 rings (SSSR count). The Bertz CT molecular complexity index is 1570. The van der Waals surface area contributed by atoms with Crippen molar-refractivity contribution >= 4 is 53.3 Å². The molecule has 3 aromatic rings. The molecular weight excluding hydrogens is 578 g/mol. The number of aromatic nitrogens is 1. The number of hydrazine groups is 2. The van der Waals surface area contributed by atoms with E-state index in [2.05, 4.69) is 77.4 Å². The van der Waals surface area contributed by atoms with Gasteiger partial charge in [-0.25, -0.2) is 0 Å². The molecule has 2 fully saturated rings. The number of benzene rings is 2. The smallest absolute Gasteiger partial charge is 0.148 e. The maximum absolute atomic E-state index is 9.90. The highest BCUT2D eigenvalue weighted by Crippen LogP contribution is 2.38. The van der Waals surface area contributed by atoms with Gasteiger partial charge in [-0.3, -0.25) is 9.99 Å². The lowest BCUT2D eigenvalue weighted by Crippen LogP contribution is -2.50. The third-order valence-electron chi connectivity index (χ3n) is 8.74. The highest BCUT2D eigenvalue weighted by Gasteiger charge is 2.38. The van der Waals surface area contributed by atoms with Crippen LogP contribution in [0.25, 0.3) is 10.9 Å². The summed E-state index contributed by atoms with van der Waals surface area (Å²) in [6, 6.07) is 15.4. The summed E-state index contributed by atoms with van der Waals surface area (Å²) in [5, 5.41) is 21.4. The largest absolute Gasteiger partial charge is 0.383 e. The van der Waals surface area contributed by atoms with Gasteiger partial charge in [-0.05, 0) is 60.9 Å². The van der Waals surface area contributed by atoms with Crippen molar-refractivity contribution < 1.29 is 0 Å². The lowest BCUT2D eigenvalue weighted by molar-refractivity contribution is 0.105. The molecule has 1 aliphatic carbocycles. The van der Waals surface area contributed by atoms with Gasteiger partial charge >= 0.3 is 0 Å². The summed E-state index contributed by atoms with van der Waals surface area (Å²) < 4.78 is 0. The Labute approximate surface area is 265 Å². The summed E-state index contributed by atoms with van der Waals surface area (Å²) in [5.74, 6) is 0. The average Bonchev–Trinajstić information content (AvgIpc) is 3.71. The van der Waals surface area contributed by atoms with Crippen LogP contribution in [0.15, 0.2) is 54.5 Å². The molecule has 0 bridgehead atoms. The molecule has 2 aliphatic heterocycles. The number of pyridine rings is 1. The number of nitrogens with one attached hydrogen (secondary N) is 4. The number of rotatable bonds is 8. The van der Waals surface area contributed by atoms with Crippen molar-refractivity contribution in [3.63, 3.8) is 0 Å². The van der Waals surface area contributed by atoms with Gasteiger partial charge in [0.15, 0.2) is 0 Å². The lowest BCUT2D eigenvalue weighted by atomic mass is 9.69. The van der Waals surface area contributed by atoms with E-state index in [-0.39, 0.29) is 5.41 Å². The van der Waals surface area contributed by atoms with Crippen molar-refractivity contribution in [2.75, 3.05) is 30.3 Å². The highest BCUT2D eigenvalue weighted by atomic mass is 35.5. The predicted octanol–water partition coefficient (Wildman–Crippen LogP) is 5.56. The quantitative estimate of drug-likeness (QED) is 0.245. The Morgan fingerprint density at radius 3 is 2.44 bits per heavy atom. The molecule has 11 heteroatoms. The Hall–Kier alpha value is -3.16. The molecule has 0 amide bonds. The molecule has 8 nitrogen and oxygen atoms in total. The summed E-state index contributed by atoms with van der Waals surface area (Å²) >= 11 is 13.2. The minimum atomic E-state index is -0.669. The van der Waals surface area contributed by atoms with Crippen LogP contribution in [0.3, 0.4) is 0 Å². The summed E-state index contributed by atoms with van der Waals surface area (Å²) in [7, 11) is 2.15. The summed E-state index contributed by atoms with van der Waals surface area (Å²) in [6.07, 6.45) is 8.73. The predicted molar refractivity (Wildman–Crippen MR) is 179 cm³/mol. The van der Waals surface area contributed by atoms with Gasteiger partial charge in [-0.15, -0.1) is 5.53 Å². The number of hydrogen-bond acceptors (Lipinski definition) is 8. The number of halogens is 2. The van der Waals surface area contributed by atoms with E-state index in [0.29, 0.717) is 33.7 Å². The molecule has 0 radical (unpaired) electrons. The lowest BCUT2D eigenvalue weighted by Gasteiger charge is -2.36. The van der Waals surface area contributed by atoms with Gasteiger partial charge in [0.25, 0.3) is 0 Å². The second-order valence-electron chi connectivity index (χ2n) is 13.4. The molecule has 0 spiro atoms. The molecule has 2 aromatic carbocycles. The number of anilines is 2. The first kappa shape index (κ1) is 29.9. The van der Waals surface area contributed by atoms with Crippen LogP contribution in [-0.4, -0.2) is 54.5 Å². The van der Waals surface area contributed by atoms with E-state index in [9.17, 15) is 5.26 Å². The Balaban J connectivity index is 1.35. The first-order valence-electron chi connectivity index (χ1n) is 15.1. The van der Waals surface area contributed by atoms with E-state index in [4.69, 9.17) is 23.2 Å². The van der Waals surface area contributed by atoms with Gasteiger partial charge in [0.2, 0.25) is 0 Å². The van der Waals surface area contributed by atoms with Crippen LogP contribution in [0.5, 0.6) is 0 Å². The van der Waals surface area contributed by atoms with E-state index in [1.54, 1.807) is 6.20 Å². The van der Waals surface area contributed by atoms with Gasteiger partial charge in [0.05, 0.1) is 32.9 Å². The van der Waals surface area contributed by atoms with Gasteiger partial charge < -0.3 is 21.0 Å². The van der Waals surface area contributed by atoms with E-state index >= 15 is 0 Å². The minimum Gasteiger partial charge on any atom is -0.383 e. The first-order chi connectivity index (χ1) is 20.5. The molecule has 1 aromatic heterocycles. The molecule has 3 heterocycles. The van der Waals surface area contributed by atoms with Crippen molar-refractivity contribution in [2.24, 2.45) is 5.41 Å². The standard InChI is InChI=1S/C32H39BCl2N8/c1-31(2,3)19-38-29-20(16-36)17-37-30-26(29)14-23(15-27(30)35)39-32(33,21-4-6-22(34)7-5-21)28-18-43(41-40-28)25-10-12-42(13-11-25)24-8-9-24/h4-7,14-15,17-18,24-25,39-41H,8-13,19,33H2,1-3H3,(H,37,38). The summed E-state index contributed by atoms with van der Waals surface area (Å²) in [4.78, 5) is 7.18. The monoisotopic (exact) mass is 616 g/mol. The third-order valence-corrected chi connectivity index (χ3v) is 9.28. The van der Waals surface area contributed by atoms with E-state index in [1.807, 2.05) is 36.4 Å². The number of nitrogens with zero attached hydrogens (tertiary/aromatic N) is 4. The van der Waals surface area contributed by atoms with Gasteiger partial charge in [0, 0.05) is 60.2 Å². The second kappa shape index (κ2) is 11.7. The summed E-state index contributed by atoms with van der Waals surface area (Å²) in [6.45, 7) is 9.44. The maximum Gasteiger partial charge on any atom is 0.148 e. The van der Waals surface area contributed by atoms with E-state index < -0.39 is 5.44 Å². The molecule has 1 unspecified atom stereocenters. The van der Waals surface area contributed by atoms with Crippen LogP contribution < -0.4 is 21.6 Å². The van der Waals surface area contributed by atoms with Crippen molar-refractivity contribution in [3.8, 4) is 6.07 Å². The van der Waals surface area contributed by atoms with Crippen molar-refractivity contribution in [3.05, 3.63) is 75.7 Å². The average molecular weight is 617 g/mol. The fourth-order valence-corrected chi connectivity index (χ4v) is 6.47. The van der Waals surface area contributed by atoms with Crippen LogP contribution in [0, 0.1) is 16.7 Å². The van der Waals surface area contributed by atoms with Crippen LogP contribution in [0.2, 0.25) is 10.0 Å². The number of piperidine rings is 1. The third kappa shape index (κ3) is 6.39. The topological polar surface area (TPSA) is 91.3 Å². The molecule has 4 N–H and O–H groups in total. The van der Waals surface area contributed by atoms with Gasteiger partial charge in [-0.2, -0.15) is 5.26 Å². The van der Waals surface area contributed by atoms with Crippen LogP contribution in [0.1, 0.15) is 57.6 Å². The molecule has 43 heavy (non-hydrogen) atoms. The Kier molecular flexibility index (Phi) is 8.16. The van der Waals surface area contributed by atoms with Crippen LogP contribution in [0.4, 0.5) is 11.4 Å². The van der Waals surface area contributed by atoms with Gasteiger partial charge in [0.1, 0.15) is 13.9 Å². The molecule has 3 aliphatic rings. The Morgan fingerprint density at radius 2 is 1.79 bits per heavy atom. The van der Waals surface area contributed by atoms with Crippen molar-refractivity contribution in [1.29, 1.82) is 5.26 Å².